The van der Waals surface area contributed by atoms with Gasteiger partial charge in [-0.15, -0.1) is 0 Å². The maximum absolute atomic E-state index is 12.1. The first-order valence-electron chi connectivity index (χ1n) is 6.13. The van der Waals surface area contributed by atoms with Crippen LogP contribution in [0.5, 0.6) is 0 Å². The summed E-state index contributed by atoms with van der Waals surface area (Å²) in [5.74, 6) is -0.238. The van der Waals surface area contributed by atoms with Crippen LogP contribution in [-0.2, 0) is 20.0 Å². The zero-order chi connectivity index (χ0) is 13.8. The number of hydrogen-bond donors (Lipinski definition) is 2. The van der Waals surface area contributed by atoms with E-state index in [-0.39, 0.29) is 5.91 Å². The Morgan fingerprint density at radius 3 is 2.84 bits per heavy atom. The molecule has 0 spiro atoms. The van der Waals surface area contributed by atoms with Crippen molar-refractivity contribution in [3.63, 3.8) is 0 Å². The van der Waals surface area contributed by atoms with E-state index in [1.165, 1.54) is 4.68 Å². The maximum Gasteiger partial charge on any atom is 0.272 e. The average molecular weight is 259 g/mol. The zero-order valence-corrected chi connectivity index (χ0v) is 11.1. The van der Waals surface area contributed by atoms with Crippen molar-refractivity contribution >= 4 is 11.6 Å². The molecule has 2 rings (SSSR count). The fourth-order valence-corrected chi connectivity index (χ4v) is 1.88. The van der Waals surface area contributed by atoms with Crippen LogP contribution in [0.3, 0.4) is 0 Å². The summed E-state index contributed by atoms with van der Waals surface area (Å²) < 4.78 is 1.52. The first-order valence-corrected chi connectivity index (χ1v) is 6.13. The van der Waals surface area contributed by atoms with E-state index < -0.39 is 0 Å². The number of amides is 1. The number of carbonyl (C=O) groups excluding carboxylic acids is 1. The molecule has 0 fully saturated rings. The molecule has 6 heteroatoms. The molecule has 0 saturated heterocycles. The van der Waals surface area contributed by atoms with E-state index >= 15 is 0 Å². The molecule has 0 radical (unpaired) electrons. The van der Waals surface area contributed by atoms with E-state index in [4.69, 9.17) is 5.73 Å². The summed E-state index contributed by atoms with van der Waals surface area (Å²) >= 11 is 0. The second-order valence-corrected chi connectivity index (χ2v) is 4.19. The summed E-state index contributed by atoms with van der Waals surface area (Å²) in [7, 11) is 1.71. The number of aromatic nitrogens is 3. The highest BCUT2D eigenvalue weighted by Gasteiger charge is 2.18. The standard InChI is InChI=1S/C13H17N5O/c1-3-10-11(14)12(18(2)17-10)13(19)16-8-9-6-4-5-7-15-9/h4-7H,3,8,14H2,1-2H3,(H,16,19). The Labute approximate surface area is 111 Å². The molecule has 0 aliphatic carbocycles. The van der Waals surface area contributed by atoms with Gasteiger partial charge in [-0.1, -0.05) is 13.0 Å². The monoisotopic (exact) mass is 259 g/mol. The lowest BCUT2D eigenvalue weighted by atomic mass is 10.2. The number of nitrogens with one attached hydrogen (secondary N) is 1. The molecule has 100 valence electrons. The number of nitrogens with zero attached hydrogens (tertiary/aromatic N) is 3. The zero-order valence-electron chi connectivity index (χ0n) is 11.1. The van der Waals surface area contributed by atoms with Crippen molar-refractivity contribution in [2.24, 2.45) is 7.05 Å². The summed E-state index contributed by atoms with van der Waals surface area (Å²) in [6.07, 6.45) is 2.39. The Morgan fingerprint density at radius 2 is 2.26 bits per heavy atom. The third-order valence-corrected chi connectivity index (χ3v) is 2.87. The number of aryl methyl sites for hydroxylation is 2. The fraction of sp³-hybridized carbons (Fsp3) is 0.308. The second kappa shape index (κ2) is 5.51. The predicted molar refractivity (Wildman–Crippen MR) is 72.4 cm³/mol. The van der Waals surface area contributed by atoms with Crippen molar-refractivity contribution in [2.75, 3.05) is 5.73 Å². The van der Waals surface area contributed by atoms with Crippen molar-refractivity contribution in [1.82, 2.24) is 20.1 Å². The lowest BCUT2D eigenvalue weighted by Gasteiger charge is -2.05. The molecule has 0 atom stereocenters. The molecule has 0 bridgehead atoms. The van der Waals surface area contributed by atoms with E-state index in [2.05, 4.69) is 15.4 Å². The fourth-order valence-electron chi connectivity index (χ4n) is 1.88. The molecular weight excluding hydrogens is 242 g/mol. The Bertz CT molecular complexity index is 576. The number of pyridine rings is 1. The normalized spacial score (nSPS) is 10.4. The van der Waals surface area contributed by atoms with E-state index in [1.54, 1.807) is 13.2 Å². The average Bonchev–Trinajstić information content (AvgIpc) is 2.72. The molecule has 6 nitrogen and oxygen atoms in total. The highest BCUT2D eigenvalue weighted by molar-refractivity contribution is 5.97. The SMILES string of the molecule is CCc1nn(C)c(C(=O)NCc2ccccn2)c1N. The minimum absolute atomic E-state index is 0.238. The summed E-state index contributed by atoms with van der Waals surface area (Å²) in [4.78, 5) is 16.3. The third-order valence-electron chi connectivity index (χ3n) is 2.87. The van der Waals surface area contributed by atoms with Crippen molar-refractivity contribution in [2.45, 2.75) is 19.9 Å². The lowest BCUT2D eigenvalue weighted by molar-refractivity contribution is 0.0942. The van der Waals surface area contributed by atoms with Crippen LogP contribution < -0.4 is 11.1 Å². The van der Waals surface area contributed by atoms with Gasteiger partial charge in [0, 0.05) is 13.2 Å². The van der Waals surface area contributed by atoms with E-state index in [9.17, 15) is 4.79 Å². The summed E-state index contributed by atoms with van der Waals surface area (Å²) in [5, 5.41) is 7.01. The van der Waals surface area contributed by atoms with Crippen molar-refractivity contribution in [1.29, 1.82) is 0 Å². The topological polar surface area (TPSA) is 85.8 Å². The summed E-state index contributed by atoms with van der Waals surface area (Å²) in [5.41, 5.74) is 8.31. The Balaban J connectivity index is 2.10. The number of nitrogen functional groups attached to an aromatic ring is 1. The molecule has 2 aromatic rings. The molecule has 0 saturated carbocycles. The molecule has 0 aromatic carbocycles. The van der Waals surface area contributed by atoms with Gasteiger partial charge >= 0.3 is 0 Å². The van der Waals surface area contributed by atoms with Crippen LogP contribution in [0.15, 0.2) is 24.4 Å². The van der Waals surface area contributed by atoms with Crippen LogP contribution >= 0.6 is 0 Å². The first-order chi connectivity index (χ1) is 9.13. The minimum atomic E-state index is -0.238. The van der Waals surface area contributed by atoms with E-state index in [0.29, 0.717) is 24.3 Å². The van der Waals surface area contributed by atoms with Gasteiger partial charge in [0.05, 0.1) is 23.6 Å². The molecule has 0 unspecified atom stereocenters. The molecule has 0 aliphatic rings. The highest BCUT2D eigenvalue weighted by Crippen LogP contribution is 2.16. The quantitative estimate of drug-likeness (QED) is 0.853. The lowest BCUT2D eigenvalue weighted by Crippen LogP contribution is -2.26. The van der Waals surface area contributed by atoms with E-state index in [1.807, 2.05) is 25.1 Å². The summed E-state index contributed by atoms with van der Waals surface area (Å²) in [6, 6.07) is 5.56. The summed E-state index contributed by atoms with van der Waals surface area (Å²) in [6.45, 7) is 2.32. The van der Waals surface area contributed by atoms with Crippen LogP contribution in [0.2, 0.25) is 0 Å². The molecule has 3 N–H and O–H groups in total. The maximum atomic E-state index is 12.1. The number of nitrogens with two attached hydrogens (primary N) is 1. The number of carbonyl (C=O) groups is 1. The molecule has 19 heavy (non-hydrogen) atoms. The van der Waals surface area contributed by atoms with Gasteiger partial charge in [0.1, 0.15) is 5.69 Å². The van der Waals surface area contributed by atoms with Crippen LogP contribution in [-0.4, -0.2) is 20.7 Å². The number of rotatable bonds is 4. The van der Waals surface area contributed by atoms with Gasteiger partial charge in [0.25, 0.3) is 5.91 Å². The van der Waals surface area contributed by atoms with Gasteiger partial charge in [0.15, 0.2) is 0 Å². The predicted octanol–water partition coefficient (Wildman–Crippen LogP) is 0.890. The highest BCUT2D eigenvalue weighted by atomic mass is 16.2. The Kier molecular flexibility index (Phi) is 3.79. The van der Waals surface area contributed by atoms with Gasteiger partial charge in [0.2, 0.25) is 0 Å². The van der Waals surface area contributed by atoms with Gasteiger partial charge in [-0.25, -0.2) is 0 Å². The molecule has 0 aliphatic heterocycles. The third kappa shape index (κ3) is 2.73. The van der Waals surface area contributed by atoms with Gasteiger partial charge in [-0.3, -0.25) is 14.5 Å². The minimum Gasteiger partial charge on any atom is -0.395 e. The first kappa shape index (κ1) is 13.1. The van der Waals surface area contributed by atoms with Gasteiger partial charge in [-0.05, 0) is 18.6 Å². The van der Waals surface area contributed by atoms with Crippen molar-refractivity contribution in [3.05, 3.63) is 41.5 Å². The number of anilines is 1. The number of hydrogen-bond acceptors (Lipinski definition) is 4. The van der Waals surface area contributed by atoms with Crippen molar-refractivity contribution < 1.29 is 4.79 Å². The van der Waals surface area contributed by atoms with Crippen molar-refractivity contribution in [3.8, 4) is 0 Å². The van der Waals surface area contributed by atoms with Crippen LogP contribution in [0.25, 0.3) is 0 Å². The Hall–Kier alpha value is -2.37. The molecule has 2 aromatic heterocycles. The van der Waals surface area contributed by atoms with Crippen LogP contribution in [0, 0.1) is 0 Å². The molecular formula is C13H17N5O. The Morgan fingerprint density at radius 1 is 1.47 bits per heavy atom. The largest absolute Gasteiger partial charge is 0.395 e. The molecule has 1 amide bonds. The second-order valence-electron chi connectivity index (χ2n) is 4.19. The molecule has 2 heterocycles. The smallest absolute Gasteiger partial charge is 0.272 e. The van der Waals surface area contributed by atoms with Gasteiger partial charge < -0.3 is 11.1 Å². The van der Waals surface area contributed by atoms with Crippen LogP contribution in [0.1, 0.15) is 28.8 Å². The van der Waals surface area contributed by atoms with Gasteiger partial charge in [-0.2, -0.15) is 5.10 Å². The van der Waals surface area contributed by atoms with Crippen LogP contribution in [0.4, 0.5) is 5.69 Å². The van der Waals surface area contributed by atoms with E-state index in [0.717, 1.165) is 11.4 Å².